The average molecular weight is 264 g/mol. The zero-order valence-corrected chi connectivity index (χ0v) is 11.0. The van der Waals surface area contributed by atoms with Crippen LogP contribution in [-0.4, -0.2) is 12.2 Å². The molecule has 20 heavy (non-hydrogen) atoms. The largest absolute Gasteiger partial charge is 0.240 e. The van der Waals surface area contributed by atoms with Crippen LogP contribution >= 0.6 is 0 Å². The molecule has 0 saturated heterocycles. The fraction of sp³-hybridized carbons (Fsp3) is 0.125. The molecule has 0 bridgehead atoms. The maximum atomic E-state index is 10.5. The Hall–Kier alpha value is -2.80. The third kappa shape index (κ3) is 2.96. The molecular weight excluding hydrogens is 252 g/mol. The molecule has 0 radical (unpaired) electrons. The summed E-state index contributed by atoms with van der Waals surface area (Å²) in [6.45, 7) is 1.88. The molecule has 0 fully saturated rings. The quantitative estimate of drug-likeness (QED) is 0.626. The Balaban J connectivity index is 2.48. The van der Waals surface area contributed by atoms with Crippen LogP contribution in [0.2, 0.25) is 0 Å². The summed E-state index contributed by atoms with van der Waals surface area (Å²) in [5.74, 6) is 0. The van der Waals surface area contributed by atoms with Crippen molar-refractivity contribution >= 4 is 23.5 Å². The Morgan fingerprint density at radius 2 is 1.60 bits per heavy atom. The molecule has 0 aliphatic carbocycles. The van der Waals surface area contributed by atoms with Crippen molar-refractivity contribution in [2.75, 3.05) is 0 Å². The molecule has 4 nitrogen and oxygen atoms in total. The zero-order valence-electron chi connectivity index (χ0n) is 11.0. The summed E-state index contributed by atoms with van der Waals surface area (Å²) in [5.41, 5.74) is 3.87. The number of rotatable bonds is 4. The molecule has 0 unspecified atom stereocenters. The first kappa shape index (κ1) is 13.6. The Morgan fingerprint density at radius 1 is 0.900 bits per heavy atom. The molecule has 4 heteroatoms. The maximum absolute atomic E-state index is 10.5. The number of hydrogen-bond acceptors (Lipinski definition) is 4. The van der Waals surface area contributed by atoms with Crippen molar-refractivity contribution in [2.24, 2.45) is 9.98 Å². The summed E-state index contributed by atoms with van der Waals surface area (Å²) in [4.78, 5) is 28.4. The number of aryl methyl sites for hydroxylation is 1. The van der Waals surface area contributed by atoms with Crippen molar-refractivity contribution in [3.05, 3.63) is 59.2 Å². The lowest BCUT2D eigenvalue weighted by atomic mass is 9.99. The van der Waals surface area contributed by atoms with E-state index in [1.165, 1.54) is 0 Å². The third-order valence-corrected chi connectivity index (χ3v) is 3.02. The highest BCUT2D eigenvalue weighted by Crippen LogP contribution is 2.28. The zero-order chi connectivity index (χ0) is 14.4. The second-order valence-corrected chi connectivity index (χ2v) is 4.29. The monoisotopic (exact) mass is 264 g/mol. The smallest absolute Gasteiger partial charge is 0.211 e. The molecule has 0 saturated carbocycles. The molecule has 0 amide bonds. The first-order valence-corrected chi connectivity index (χ1v) is 6.08. The van der Waals surface area contributed by atoms with E-state index in [1.54, 1.807) is 24.3 Å². The van der Waals surface area contributed by atoms with E-state index in [-0.39, 0.29) is 0 Å². The maximum Gasteiger partial charge on any atom is 0.240 e. The van der Waals surface area contributed by atoms with Gasteiger partial charge in [0.05, 0.1) is 11.4 Å². The molecule has 2 aromatic carbocycles. The van der Waals surface area contributed by atoms with Crippen molar-refractivity contribution in [1.82, 2.24) is 0 Å². The van der Waals surface area contributed by atoms with E-state index in [2.05, 4.69) is 9.98 Å². The molecule has 0 aliphatic rings. The van der Waals surface area contributed by atoms with Crippen LogP contribution in [-0.2, 0) is 16.0 Å². The highest BCUT2D eigenvalue weighted by Gasteiger charge is 2.08. The van der Waals surface area contributed by atoms with Crippen LogP contribution in [0.3, 0.4) is 0 Å². The van der Waals surface area contributed by atoms with Crippen LogP contribution in [0.25, 0.3) is 0 Å². The van der Waals surface area contributed by atoms with Crippen molar-refractivity contribution in [3.63, 3.8) is 0 Å². The Labute approximate surface area is 116 Å². The molecule has 0 aliphatic heterocycles. The van der Waals surface area contributed by atoms with E-state index >= 15 is 0 Å². The predicted molar refractivity (Wildman–Crippen MR) is 76.0 cm³/mol. The topological polar surface area (TPSA) is 58.9 Å². The molecule has 2 rings (SSSR count). The minimum Gasteiger partial charge on any atom is -0.211 e. The second kappa shape index (κ2) is 6.39. The third-order valence-electron chi connectivity index (χ3n) is 3.02. The highest BCUT2D eigenvalue weighted by atomic mass is 16.1. The molecule has 2 aromatic rings. The van der Waals surface area contributed by atoms with Gasteiger partial charge in [0.25, 0.3) is 0 Å². The van der Waals surface area contributed by atoms with Gasteiger partial charge in [-0.3, -0.25) is 0 Å². The van der Waals surface area contributed by atoms with Gasteiger partial charge >= 0.3 is 0 Å². The van der Waals surface area contributed by atoms with Gasteiger partial charge in [0.15, 0.2) is 0 Å². The van der Waals surface area contributed by atoms with Gasteiger partial charge in [0.1, 0.15) is 0 Å². The van der Waals surface area contributed by atoms with Gasteiger partial charge in [-0.2, -0.15) is 9.98 Å². The van der Waals surface area contributed by atoms with Gasteiger partial charge in [-0.1, -0.05) is 36.4 Å². The molecule has 0 spiro atoms. The van der Waals surface area contributed by atoms with E-state index in [0.717, 1.165) is 16.7 Å². The van der Waals surface area contributed by atoms with Gasteiger partial charge in [-0.15, -0.1) is 0 Å². The summed E-state index contributed by atoms with van der Waals surface area (Å²) >= 11 is 0. The van der Waals surface area contributed by atoms with E-state index in [1.807, 2.05) is 37.3 Å². The van der Waals surface area contributed by atoms with Crippen LogP contribution in [0.4, 0.5) is 11.4 Å². The van der Waals surface area contributed by atoms with Gasteiger partial charge in [-0.25, -0.2) is 9.59 Å². The Kier molecular flexibility index (Phi) is 4.35. The molecule has 0 heterocycles. The first-order chi connectivity index (χ1) is 9.76. The molecule has 0 atom stereocenters. The fourth-order valence-corrected chi connectivity index (χ4v) is 2.09. The highest BCUT2D eigenvalue weighted by molar-refractivity contribution is 5.61. The number of isocyanates is 2. The van der Waals surface area contributed by atoms with Crippen molar-refractivity contribution in [2.45, 2.75) is 13.3 Å². The lowest BCUT2D eigenvalue weighted by molar-refractivity contribution is 0.564. The van der Waals surface area contributed by atoms with Gasteiger partial charge in [0, 0.05) is 6.42 Å². The van der Waals surface area contributed by atoms with E-state index in [4.69, 9.17) is 0 Å². The van der Waals surface area contributed by atoms with Crippen molar-refractivity contribution in [1.29, 1.82) is 0 Å². The number of hydrogen-bond donors (Lipinski definition) is 0. The summed E-state index contributed by atoms with van der Waals surface area (Å²) in [6, 6.07) is 13.0. The number of aliphatic imine (C=N–C) groups is 2. The van der Waals surface area contributed by atoms with Crippen molar-refractivity contribution in [3.8, 4) is 0 Å². The predicted octanol–water partition coefficient (Wildman–Crippen LogP) is 3.52. The van der Waals surface area contributed by atoms with Crippen LogP contribution in [0, 0.1) is 6.92 Å². The number of benzene rings is 2. The van der Waals surface area contributed by atoms with Crippen LogP contribution in [0.1, 0.15) is 16.7 Å². The lowest BCUT2D eigenvalue weighted by Gasteiger charge is -2.08. The standard InChI is InChI=1S/C16H12N2O2/c1-12-5-4-7-14(16(12)18-11-20)9-13-6-2-3-8-15(13)17-10-19/h2-8H,9H2,1H3. The van der Waals surface area contributed by atoms with Crippen molar-refractivity contribution < 1.29 is 9.59 Å². The van der Waals surface area contributed by atoms with Crippen LogP contribution < -0.4 is 0 Å². The van der Waals surface area contributed by atoms with E-state index < -0.39 is 0 Å². The fourth-order valence-electron chi connectivity index (χ4n) is 2.09. The normalized spacial score (nSPS) is 9.45. The Morgan fingerprint density at radius 3 is 2.35 bits per heavy atom. The summed E-state index contributed by atoms with van der Waals surface area (Å²) in [6.07, 6.45) is 3.66. The summed E-state index contributed by atoms with van der Waals surface area (Å²) < 4.78 is 0. The van der Waals surface area contributed by atoms with E-state index in [9.17, 15) is 9.59 Å². The molecule has 98 valence electrons. The van der Waals surface area contributed by atoms with Crippen LogP contribution in [0.15, 0.2) is 52.4 Å². The molecule has 0 N–H and O–H groups in total. The molecule has 0 aromatic heterocycles. The summed E-state index contributed by atoms with van der Waals surface area (Å²) in [7, 11) is 0. The minimum absolute atomic E-state index is 0.531. The van der Waals surface area contributed by atoms with Gasteiger partial charge < -0.3 is 0 Å². The number of nitrogens with zero attached hydrogens (tertiary/aromatic N) is 2. The SMILES string of the molecule is Cc1cccc(Cc2ccccc2N=C=O)c1N=C=O. The van der Waals surface area contributed by atoms with Crippen LogP contribution in [0.5, 0.6) is 0 Å². The van der Waals surface area contributed by atoms with E-state index in [0.29, 0.717) is 17.8 Å². The average Bonchev–Trinajstić information content (AvgIpc) is 2.45. The first-order valence-electron chi connectivity index (χ1n) is 6.08. The number of carbonyl (C=O) groups excluding carboxylic acids is 2. The number of para-hydroxylation sites is 2. The lowest BCUT2D eigenvalue weighted by Crippen LogP contribution is -1.91. The second-order valence-electron chi connectivity index (χ2n) is 4.29. The summed E-state index contributed by atoms with van der Waals surface area (Å²) in [5, 5.41) is 0. The Bertz CT molecular complexity index is 725. The minimum atomic E-state index is 0.531. The van der Waals surface area contributed by atoms with Gasteiger partial charge in [0.2, 0.25) is 12.2 Å². The molecular formula is C16H12N2O2. The van der Waals surface area contributed by atoms with Gasteiger partial charge in [-0.05, 0) is 29.7 Å².